The van der Waals surface area contributed by atoms with Crippen LogP contribution in [0.2, 0.25) is 0 Å². The summed E-state index contributed by atoms with van der Waals surface area (Å²) in [5.74, 6) is 0.0841. The van der Waals surface area contributed by atoms with Crippen molar-refractivity contribution in [3.8, 4) is 0 Å². The molecule has 1 aromatic rings. The molecular formula is C11H15BrN2O. The van der Waals surface area contributed by atoms with Gasteiger partial charge in [-0.3, -0.25) is 9.78 Å². The minimum atomic E-state index is 0.0841. The average Bonchev–Trinajstić information content (AvgIpc) is 2.31. The van der Waals surface area contributed by atoms with Crippen molar-refractivity contribution in [2.45, 2.75) is 13.3 Å². The maximum Gasteiger partial charge on any atom is 0.253 e. The first-order valence-electron chi connectivity index (χ1n) is 5.04. The number of halogens is 1. The Morgan fingerprint density at radius 3 is 2.67 bits per heavy atom. The van der Waals surface area contributed by atoms with Gasteiger partial charge in [0.25, 0.3) is 5.91 Å². The van der Waals surface area contributed by atoms with E-state index >= 15 is 0 Å². The van der Waals surface area contributed by atoms with Crippen molar-refractivity contribution < 1.29 is 4.79 Å². The number of carbonyl (C=O) groups is 1. The summed E-state index contributed by atoms with van der Waals surface area (Å²) in [6.07, 6.45) is 4.27. The van der Waals surface area contributed by atoms with E-state index in [0.29, 0.717) is 5.56 Å². The quantitative estimate of drug-likeness (QED) is 0.770. The first-order valence-corrected chi connectivity index (χ1v) is 6.17. The predicted octanol–water partition coefficient (Wildman–Crippen LogP) is 2.33. The lowest BCUT2D eigenvalue weighted by Crippen LogP contribution is -2.31. The molecule has 1 rings (SSSR count). The molecule has 0 aliphatic carbocycles. The number of aromatic nitrogens is 1. The molecule has 0 bridgehead atoms. The average molecular weight is 271 g/mol. The maximum atomic E-state index is 12.0. The predicted molar refractivity (Wildman–Crippen MR) is 64.2 cm³/mol. The molecule has 0 spiro atoms. The van der Waals surface area contributed by atoms with E-state index in [2.05, 4.69) is 20.9 Å². The van der Waals surface area contributed by atoms with Crippen molar-refractivity contribution in [3.05, 3.63) is 30.1 Å². The molecule has 0 aliphatic rings. The Morgan fingerprint density at radius 1 is 1.47 bits per heavy atom. The lowest BCUT2D eigenvalue weighted by Gasteiger charge is -2.20. The van der Waals surface area contributed by atoms with Crippen LogP contribution in [0.4, 0.5) is 0 Å². The van der Waals surface area contributed by atoms with Crippen LogP contribution in [-0.2, 0) is 0 Å². The topological polar surface area (TPSA) is 33.2 Å². The fourth-order valence-electron chi connectivity index (χ4n) is 1.33. The van der Waals surface area contributed by atoms with Crippen LogP contribution in [0.15, 0.2) is 24.5 Å². The second-order valence-corrected chi connectivity index (χ2v) is 3.96. The molecular weight excluding hydrogens is 256 g/mol. The summed E-state index contributed by atoms with van der Waals surface area (Å²) in [6, 6.07) is 3.50. The molecule has 1 aromatic heterocycles. The molecule has 0 fully saturated rings. The Kier molecular flexibility index (Phi) is 5.32. The molecule has 0 N–H and O–H groups in total. The Hall–Kier alpha value is -0.900. The van der Waals surface area contributed by atoms with Crippen LogP contribution in [0.1, 0.15) is 23.7 Å². The van der Waals surface area contributed by atoms with Crippen LogP contribution in [0.3, 0.4) is 0 Å². The molecule has 0 atom stereocenters. The summed E-state index contributed by atoms with van der Waals surface area (Å²) >= 11 is 3.36. The Labute approximate surface area is 98.6 Å². The zero-order valence-electron chi connectivity index (χ0n) is 8.82. The SMILES string of the molecule is CCN(CCCBr)C(=O)c1ccncc1. The third-order valence-electron chi connectivity index (χ3n) is 2.16. The van der Waals surface area contributed by atoms with Crippen LogP contribution in [-0.4, -0.2) is 34.2 Å². The highest BCUT2D eigenvalue weighted by Crippen LogP contribution is 2.04. The van der Waals surface area contributed by atoms with Crippen LogP contribution in [0.5, 0.6) is 0 Å². The van der Waals surface area contributed by atoms with Gasteiger partial charge < -0.3 is 4.90 Å². The molecule has 4 heteroatoms. The van der Waals surface area contributed by atoms with Gasteiger partial charge >= 0.3 is 0 Å². The van der Waals surface area contributed by atoms with Crippen molar-refractivity contribution in [1.82, 2.24) is 9.88 Å². The van der Waals surface area contributed by atoms with Crippen molar-refractivity contribution in [3.63, 3.8) is 0 Å². The van der Waals surface area contributed by atoms with Gasteiger partial charge in [0.15, 0.2) is 0 Å². The summed E-state index contributed by atoms with van der Waals surface area (Å²) in [7, 11) is 0. The van der Waals surface area contributed by atoms with Crippen molar-refractivity contribution in [2.75, 3.05) is 18.4 Å². The zero-order valence-corrected chi connectivity index (χ0v) is 10.4. The lowest BCUT2D eigenvalue weighted by atomic mass is 10.2. The van der Waals surface area contributed by atoms with Crippen LogP contribution in [0.25, 0.3) is 0 Å². The van der Waals surface area contributed by atoms with Crippen molar-refractivity contribution in [1.29, 1.82) is 0 Å². The molecule has 0 saturated heterocycles. The number of rotatable bonds is 5. The second kappa shape index (κ2) is 6.56. The first kappa shape index (κ1) is 12.2. The van der Waals surface area contributed by atoms with Gasteiger partial charge in [-0.05, 0) is 25.5 Å². The number of carbonyl (C=O) groups excluding carboxylic acids is 1. The zero-order chi connectivity index (χ0) is 11.1. The van der Waals surface area contributed by atoms with Crippen molar-refractivity contribution >= 4 is 21.8 Å². The largest absolute Gasteiger partial charge is 0.339 e. The Bertz CT molecular complexity index is 303. The van der Waals surface area contributed by atoms with E-state index in [1.54, 1.807) is 24.5 Å². The summed E-state index contributed by atoms with van der Waals surface area (Å²) in [5, 5.41) is 0.924. The van der Waals surface area contributed by atoms with E-state index < -0.39 is 0 Å². The molecule has 0 radical (unpaired) electrons. The molecule has 3 nitrogen and oxygen atoms in total. The van der Waals surface area contributed by atoms with Gasteiger partial charge in [-0.1, -0.05) is 15.9 Å². The third kappa shape index (κ3) is 3.63. The van der Waals surface area contributed by atoms with Gasteiger partial charge in [-0.25, -0.2) is 0 Å². The molecule has 0 unspecified atom stereocenters. The molecule has 0 saturated carbocycles. The number of hydrogen-bond acceptors (Lipinski definition) is 2. The second-order valence-electron chi connectivity index (χ2n) is 3.16. The first-order chi connectivity index (χ1) is 7.29. The summed E-state index contributed by atoms with van der Waals surface area (Å²) < 4.78 is 0. The number of hydrogen-bond donors (Lipinski definition) is 0. The Morgan fingerprint density at radius 2 is 2.13 bits per heavy atom. The van der Waals surface area contributed by atoms with E-state index in [1.165, 1.54) is 0 Å². The fraction of sp³-hybridized carbons (Fsp3) is 0.455. The highest BCUT2D eigenvalue weighted by atomic mass is 79.9. The van der Waals surface area contributed by atoms with Gasteiger partial charge in [0.2, 0.25) is 0 Å². The van der Waals surface area contributed by atoms with Gasteiger partial charge in [-0.15, -0.1) is 0 Å². The minimum absolute atomic E-state index is 0.0841. The lowest BCUT2D eigenvalue weighted by molar-refractivity contribution is 0.0765. The Balaban J connectivity index is 2.65. The summed E-state index contributed by atoms with van der Waals surface area (Å²) in [5.41, 5.74) is 0.710. The standard InChI is InChI=1S/C11H15BrN2O/c1-2-14(9-3-6-12)11(15)10-4-7-13-8-5-10/h4-5,7-8H,2-3,6,9H2,1H3. The molecule has 0 aromatic carbocycles. The van der Waals surface area contributed by atoms with E-state index in [-0.39, 0.29) is 5.91 Å². The number of amides is 1. The van der Waals surface area contributed by atoms with E-state index in [0.717, 1.165) is 24.8 Å². The highest BCUT2D eigenvalue weighted by Gasteiger charge is 2.12. The maximum absolute atomic E-state index is 12.0. The number of alkyl halides is 1. The molecule has 1 heterocycles. The van der Waals surface area contributed by atoms with Gasteiger partial charge in [0.05, 0.1) is 0 Å². The molecule has 15 heavy (non-hydrogen) atoms. The van der Waals surface area contributed by atoms with E-state index in [9.17, 15) is 4.79 Å². The van der Waals surface area contributed by atoms with Gasteiger partial charge in [0, 0.05) is 36.4 Å². The van der Waals surface area contributed by atoms with Crippen molar-refractivity contribution in [2.24, 2.45) is 0 Å². The van der Waals surface area contributed by atoms with E-state index in [4.69, 9.17) is 0 Å². The fourth-order valence-corrected chi connectivity index (χ4v) is 1.58. The monoisotopic (exact) mass is 270 g/mol. The smallest absolute Gasteiger partial charge is 0.253 e. The normalized spacial score (nSPS) is 10.0. The van der Waals surface area contributed by atoms with E-state index in [1.807, 2.05) is 11.8 Å². The minimum Gasteiger partial charge on any atom is -0.339 e. The summed E-state index contributed by atoms with van der Waals surface area (Å²) in [6.45, 7) is 3.53. The molecule has 0 aliphatic heterocycles. The number of nitrogens with zero attached hydrogens (tertiary/aromatic N) is 2. The van der Waals surface area contributed by atoms with Crippen LogP contribution in [0, 0.1) is 0 Å². The van der Waals surface area contributed by atoms with Crippen LogP contribution >= 0.6 is 15.9 Å². The van der Waals surface area contributed by atoms with Crippen LogP contribution < -0.4 is 0 Å². The van der Waals surface area contributed by atoms with Gasteiger partial charge in [0.1, 0.15) is 0 Å². The molecule has 82 valence electrons. The summed E-state index contributed by atoms with van der Waals surface area (Å²) in [4.78, 5) is 17.7. The third-order valence-corrected chi connectivity index (χ3v) is 2.72. The van der Waals surface area contributed by atoms with Gasteiger partial charge in [-0.2, -0.15) is 0 Å². The molecule has 1 amide bonds. The number of pyridine rings is 1. The highest BCUT2D eigenvalue weighted by molar-refractivity contribution is 9.09.